The first-order chi connectivity index (χ1) is 10.3. The van der Waals surface area contributed by atoms with Crippen LogP contribution in [0.1, 0.15) is 25.3 Å². The molecular weight excluding hydrogens is 258 g/mol. The number of benzene rings is 1. The van der Waals surface area contributed by atoms with E-state index in [1.54, 1.807) is 0 Å². The van der Waals surface area contributed by atoms with Gasteiger partial charge in [-0.1, -0.05) is 31.2 Å². The molecule has 0 unspecified atom stereocenters. The van der Waals surface area contributed by atoms with Gasteiger partial charge >= 0.3 is 0 Å². The Labute approximate surface area is 127 Å². The number of allylic oxidation sites excluding steroid dienone is 1. The van der Waals surface area contributed by atoms with Crippen molar-refractivity contribution in [2.75, 3.05) is 25.0 Å². The average Bonchev–Trinajstić information content (AvgIpc) is 2.52. The predicted molar refractivity (Wildman–Crippen MR) is 91.8 cm³/mol. The minimum atomic E-state index is 0.882. The maximum absolute atomic E-state index is 4.79. The van der Waals surface area contributed by atoms with E-state index in [1.807, 2.05) is 12.1 Å². The lowest BCUT2D eigenvalue weighted by Crippen LogP contribution is -2.20. The molecule has 0 radical (unpaired) electrons. The summed E-state index contributed by atoms with van der Waals surface area (Å²) in [6.07, 6.45) is 4.12. The summed E-state index contributed by atoms with van der Waals surface area (Å²) in [6, 6.07) is 10.6. The Balaban J connectivity index is 2.29. The molecule has 0 amide bonds. The highest BCUT2D eigenvalue weighted by Gasteiger charge is 2.08. The molecule has 0 aliphatic rings. The Morgan fingerprint density at radius 3 is 2.90 bits per heavy atom. The van der Waals surface area contributed by atoms with Crippen molar-refractivity contribution in [2.45, 2.75) is 26.3 Å². The third-order valence-corrected chi connectivity index (χ3v) is 3.65. The van der Waals surface area contributed by atoms with Crippen molar-refractivity contribution >= 4 is 16.7 Å². The summed E-state index contributed by atoms with van der Waals surface area (Å²) in [4.78, 5) is 7.02. The molecule has 0 atom stereocenters. The van der Waals surface area contributed by atoms with Gasteiger partial charge in [0.05, 0.1) is 5.52 Å². The normalized spacial score (nSPS) is 10.8. The van der Waals surface area contributed by atoms with Crippen LogP contribution in [0, 0.1) is 0 Å². The maximum Gasteiger partial charge on any atom is 0.129 e. The number of rotatable bonds is 8. The molecule has 21 heavy (non-hydrogen) atoms. The summed E-state index contributed by atoms with van der Waals surface area (Å²) in [7, 11) is 2.11. The van der Waals surface area contributed by atoms with Crippen LogP contribution >= 0.6 is 0 Å². The predicted octanol–water partition coefficient (Wildman–Crippen LogP) is 3.75. The van der Waals surface area contributed by atoms with Gasteiger partial charge in [0.25, 0.3) is 0 Å². The Bertz CT molecular complexity index is 592. The lowest BCUT2D eigenvalue weighted by atomic mass is 10.1. The van der Waals surface area contributed by atoms with E-state index >= 15 is 0 Å². The summed E-state index contributed by atoms with van der Waals surface area (Å²) < 4.78 is 0. The number of anilines is 1. The fourth-order valence-corrected chi connectivity index (χ4v) is 2.42. The lowest BCUT2D eigenvalue weighted by molar-refractivity contribution is 0.728. The van der Waals surface area contributed by atoms with Gasteiger partial charge < -0.3 is 10.2 Å². The molecule has 3 heteroatoms. The van der Waals surface area contributed by atoms with E-state index in [-0.39, 0.29) is 0 Å². The van der Waals surface area contributed by atoms with Crippen molar-refractivity contribution in [3.63, 3.8) is 0 Å². The van der Waals surface area contributed by atoms with Gasteiger partial charge in [0.1, 0.15) is 5.82 Å². The minimum absolute atomic E-state index is 0.882. The molecule has 1 N–H and O–H groups in total. The Hall–Kier alpha value is -1.87. The molecule has 0 spiro atoms. The Morgan fingerprint density at radius 1 is 1.33 bits per heavy atom. The van der Waals surface area contributed by atoms with Crippen molar-refractivity contribution < 1.29 is 0 Å². The fraction of sp³-hybridized carbons (Fsp3) is 0.389. The number of fused-ring (bicyclic) bond motifs is 1. The third-order valence-electron chi connectivity index (χ3n) is 3.65. The number of pyridine rings is 1. The van der Waals surface area contributed by atoms with Crippen LogP contribution in [-0.2, 0) is 6.54 Å². The van der Waals surface area contributed by atoms with Gasteiger partial charge in [0.15, 0.2) is 0 Å². The van der Waals surface area contributed by atoms with Crippen LogP contribution in [-0.4, -0.2) is 25.1 Å². The second-order valence-electron chi connectivity index (χ2n) is 5.29. The van der Waals surface area contributed by atoms with Crippen LogP contribution in [0.15, 0.2) is 43.0 Å². The van der Waals surface area contributed by atoms with Gasteiger partial charge in [-0.3, -0.25) is 0 Å². The van der Waals surface area contributed by atoms with Crippen molar-refractivity contribution in [1.29, 1.82) is 0 Å². The quantitative estimate of drug-likeness (QED) is 0.591. The topological polar surface area (TPSA) is 28.2 Å². The SMILES string of the molecule is C=CCCCN(C)c1cc(CNCC)c2ccccc2n1. The molecule has 0 aliphatic heterocycles. The van der Waals surface area contributed by atoms with E-state index in [1.165, 1.54) is 10.9 Å². The summed E-state index contributed by atoms with van der Waals surface area (Å²) in [5, 5.41) is 4.65. The van der Waals surface area contributed by atoms with Crippen molar-refractivity contribution in [3.05, 3.63) is 48.6 Å². The molecule has 0 bridgehead atoms. The molecule has 3 nitrogen and oxygen atoms in total. The highest BCUT2D eigenvalue weighted by molar-refractivity contribution is 5.84. The first-order valence-corrected chi connectivity index (χ1v) is 7.67. The molecule has 0 fully saturated rings. The number of nitrogens with one attached hydrogen (secondary N) is 1. The van der Waals surface area contributed by atoms with E-state index in [0.29, 0.717) is 0 Å². The zero-order valence-electron chi connectivity index (χ0n) is 13.1. The number of nitrogens with zero attached hydrogens (tertiary/aromatic N) is 2. The molecule has 0 aliphatic carbocycles. The zero-order valence-corrected chi connectivity index (χ0v) is 13.1. The minimum Gasteiger partial charge on any atom is -0.360 e. The first kappa shape index (κ1) is 15.5. The van der Waals surface area contributed by atoms with Crippen molar-refractivity contribution in [3.8, 4) is 0 Å². The van der Waals surface area contributed by atoms with Crippen LogP contribution in [0.5, 0.6) is 0 Å². The van der Waals surface area contributed by atoms with Crippen LogP contribution < -0.4 is 10.2 Å². The lowest BCUT2D eigenvalue weighted by Gasteiger charge is -2.20. The van der Waals surface area contributed by atoms with Crippen LogP contribution in [0.2, 0.25) is 0 Å². The van der Waals surface area contributed by atoms with E-state index in [2.05, 4.69) is 55.0 Å². The van der Waals surface area contributed by atoms with Gasteiger partial charge in [-0.15, -0.1) is 6.58 Å². The van der Waals surface area contributed by atoms with Crippen molar-refractivity contribution in [2.24, 2.45) is 0 Å². The molecule has 2 aromatic rings. The molecule has 1 heterocycles. The van der Waals surface area contributed by atoms with Gasteiger partial charge in [0.2, 0.25) is 0 Å². The molecule has 2 rings (SSSR count). The van der Waals surface area contributed by atoms with Gasteiger partial charge in [-0.05, 0) is 37.1 Å². The summed E-state index contributed by atoms with van der Waals surface area (Å²) in [6.45, 7) is 8.76. The number of unbranched alkanes of at least 4 members (excludes halogenated alkanes) is 1. The number of para-hydroxylation sites is 1. The third kappa shape index (κ3) is 4.05. The largest absolute Gasteiger partial charge is 0.360 e. The Morgan fingerprint density at radius 2 is 2.14 bits per heavy atom. The average molecular weight is 283 g/mol. The molecule has 112 valence electrons. The van der Waals surface area contributed by atoms with Crippen molar-refractivity contribution in [1.82, 2.24) is 10.3 Å². The molecule has 1 aromatic heterocycles. The maximum atomic E-state index is 4.79. The molecule has 1 aromatic carbocycles. The summed E-state index contributed by atoms with van der Waals surface area (Å²) in [5.41, 5.74) is 2.38. The van der Waals surface area contributed by atoms with E-state index in [9.17, 15) is 0 Å². The van der Waals surface area contributed by atoms with Crippen LogP contribution in [0.25, 0.3) is 10.9 Å². The van der Waals surface area contributed by atoms with Gasteiger partial charge in [-0.2, -0.15) is 0 Å². The summed E-state index contributed by atoms with van der Waals surface area (Å²) >= 11 is 0. The summed E-state index contributed by atoms with van der Waals surface area (Å²) in [5.74, 6) is 1.05. The molecular formula is C18H25N3. The van der Waals surface area contributed by atoms with Gasteiger partial charge in [0, 0.05) is 25.5 Å². The smallest absolute Gasteiger partial charge is 0.129 e. The standard InChI is InChI=1S/C18H25N3/c1-4-6-9-12-21(3)18-13-15(14-19-5-2)16-10-7-8-11-17(16)20-18/h4,7-8,10-11,13,19H,1,5-6,9,12,14H2,2-3H3. The van der Waals surface area contributed by atoms with Gasteiger partial charge in [-0.25, -0.2) is 4.98 Å². The molecule has 0 saturated heterocycles. The van der Waals surface area contributed by atoms with E-state index in [4.69, 9.17) is 4.98 Å². The first-order valence-electron chi connectivity index (χ1n) is 7.67. The van der Waals surface area contributed by atoms with Crippen LogP contribution in [0.3, 0.4) is 0 Å². The number of aromatic nitrogens is 1. The fourth-order valence-electron chi connectivity index (χ4n) is 2.42. The van der Waals surface area contributed by atoms with Crippen LogP contribution in [0.4, 0.5) is 5.82 Å². The monoisotopic (exact) mass is 283 g/mol. The number of hydrogen-bond donors (Lipinski definition) is 1. The van der Waals surface area contributed by atoms with E-state index in [0.717, 1.165) is 43.8 Å². The second-order valence-corrected chi connectivity index (χ2v) is 5.29. The Kier molecular flexibility index (Phi) is 5.76. The highest BCUT2D eigenvalue weighted by atomic mass is 15.2. The molecule has 0 saturated carbocycles. The zero-order chi connectivity index (χ0) is 15.1. The second kappa shape index (κ2) is 7.79. The van der Waals surface area contributed by atoms with E-state index < -0.39 is 0 Å². The number of hydrogen-bond acceptors (Lipinski definition) is 3. The highest BCUT2D eigenvalue weighted by Crippen LogP contribution is 2.22.